The molecule has 0 aromatic heterocycles. The van der Waals surface area contributed by atoms with Crippen LogP contribution in [0, 0.1) is 0 Å². The standard InChI is InChI=1S/C13H18N2O/c1-2-8-15-12(16)9-11(14)13(15)10-6-4-3-5-7-10/h3-7,11,13H,2,8-9,14H2,1H3/t11-,13+/m0/s1. The molecule has 1 aromatic rings. The third-order valence-corrected chi connectivity index (χ3v) is 3.08. The van der Waals surface area contributed by atoms with Gasteiger partial charge in [0.1, 0.15) is 0 Å². The van der Waals surface area contributed by atoms with E-state index in [1.165, 1.54) is 0 Å². The molecule has 0 unspecified atom stereocenters. The molecule has 3 nitrogen and oxygen atoms in total. The monoisotopic (exact) mass is 218 g/mol. The van der Waals surface area contributed by atoms with Crippen molar-refractivity contribution in [2.45, 2.75) is 31.8 Å². The number of hydrogen-bond donors (Lipinski definition) is 1. The lowest BCUT2D eigenvalue weighted by Gasteiger charge is -2.26. The van der Waals surface area contributed by atoms with Gasteiger partial charge in [-0.2, -0.15) is 0 Å². The Kier molecular flexibility index (Phi) is 3.25. The Labute approximate surface area is 96.2 Å². The molecule has 2 rings (SSSR count). The minimum atomic E-state index is -0.0681. The van der Waals surface area contributed by atoms with Crippen molar-refractivity contribution in [2.75, 3.05) is 6.54 Å². The predicted octanol–water partition coefficient (Wildman–Crippen LogP) is 1.70. The minimum Gasteiger partial charge on any atom is -0.334 e. The summed E-state index contributed by atoms with van der Waals surface area (Å²) in [5, 5.41) is 0. The lowest BCUT2D eigenvalue weighted by atomic mass is 10.0. The highest BCUT2D eigenvalue weighted by Crippen LogP contribution is 2.31. The number of benzene rings is 1. The summed E-state index contributed by atoms with van der Waals surface area (Å²) in [5.74, 6) is 0.184. The first kappa shape index (κ1) is 11.1. The maximum atomic E-state index is 11.8. The molecular formula is C13H18N2O. The average molecular weight is 218 g/mol. The molecule has 1 saturated heterocycles. The van der Waals surface area contributed by atoms with Crippen LogP contribution in [0.15, 0.2) is 30.3 Å². The van der Waals surface area contributed by atoms with Crippen LogP contribution in [0.25, 0.3) is 0 Å². The molecule has 1 fully saturated rings. The fraction of sp³-hybridized carbons (Fsp3) is 0.462. The summed E-state index contributed by atoms with van der Waals surface area (Å²) in [6.07, 6.45) is 1.45. The van der Waals surface area contributed by atoms with Crippen LogP contribution in [0.5, 0.6) is 0 Å². The van der Waals surface area contributed by atoms with E-state index in [1.54, 1.807) is 0 Å². The van der Waals surface area contributed by atoms with Gasteiger partial charge in [-0.25, -0.2) is 0 Å². The minimum absolute atomic E-state index is 0.0636. The van der Waals surface area contributed by atoms with Crippen molar-refractivity contribution in [1.82, 2.24) is 4.90 Å². The first-order valence-corrected chi connectivity index (χ1v) is 5.84. The van der Waals surface area contributed by atoms with Crippen LogP contribution in [0.1, 0.15) is 31.4 Å². The maximum Gasteiger partial charge on any atom is 0.224 e. The third kappa shape index (κ3) is 1.95. The van der Waals surface area contributed by atoms with Gasteiger partial charge in [0.05, 0.1) is 6.04 Å². The summed E-state index contributed by atoms with van der Waals surface area (Å²) < 4.78 is 0. The Bertz CT molecular complexity index is 363. The van der Waals surface area contributed by atoms with Crippen molar-refractivity contribution in [1.29, 1.82) is 0 Å². The zero-order valence-electron chi connectivity index (χ0n) is 9.60. The molecule has 1 aliphatic rings. The van der Waals surface area contributed by atoms with Crippen molar-refractivity contribution in [2.24, 2.45) is 5.73 Å². The van der Waals surface area contributed by atoms with Crippen LogP contribution >= 0.6 is 0 Å². The van der Waals surface area contributed by atoms with E-state index >= 15 is 0 Å². The van der Waals surface area contributed by atoms with E-state index in [1.807, 2.05) is 35.2 Å². The second-order valence-electron chi connectivity index (χ2n) is 4.31. The topological polar surface area (TPSA) is 46.3 Å². The first-order valence-electron chi connectivity index (χ1n) is 5.84. The summed E-state index contributed by atoms with van der Waals surface area (Å²) in [5.41, 5.74) is 7.21. The fourth-order valence-electron chi connectivity index (χ4n) is 2.40. The van der Waals surface area contributed by atoms with Gasteiger partial charge in [0.2, 0.25) is 5.91 Å². The Balaban J connectivity index is 2.27. The number of rotatable bonds is 3. The van der Waals surface area contributed by atoms with E-state index in [4.69, 9.17) is 5.73 Å². The van der Waals surface area contributed by atoms with Gasteiger partial charge in [-0.1, -0.05) is 37.3 Å². The second-order valence-corrected chi connectivity index (χ2v) is 4.31. The lowest BCUT2D eigenvalue weighted by molar-refractivity contribution is -0.129. The predicted molar refractivity (Wildman–Crippen MR) is 63.8 cm³/mol. The van der Waals surface area contributed by atoms with E-state index in [0.29, 0.717) is 6.42 Å². The molecule has 0 spiro atoms. The zero-order chi connectivity index (χ0) is 11.5. The van der Waals surface area contributed by atoms with E-state index in [9.17, 15) is 4.79 Å². The van der Waals surface area contributed by atoms with Crippen LogP contribution in [0.4, 0.5) is 0 Å². The highest BCUT2D eigenvalue weighted by Gasteiger charge is 2.37. The van der Waals surface area contributed by atoms with Crippen LogP contribution in [0.3, 0.4) is 0 Å². The SMILES string of the molecule is CCCN1C(=O)C[C@H](N)[C@H]1c1ccccc1. The van der Waals surface area contributed by atoms with E-state index in [-0.39, 0.29) is 18.0 Å². The number of nitrogens with two attached hydrogens (primary N) is 1. The summed E-state index contributed by atoms with van der Waals surface area (Å²) in [4.78, 5) is 13.7. The van der Waals surface area contributed by atoms with Crippen molar-refractivity contribution in [3.05, 3.63) is 35.9 Å². The number of hydrogen-bond acceptors (Lipinski definition) is 2. The normalized spacial score (nSPS) is 25.1. The smallest absolute Gasteiger partial charge is 0.224 e. The quantitative estimate of drug-likeness (QED) is 0.839. The maximum absolute atomic E-state index is 11.8. The number of likely N-dealkylation sites (tertiary alicyclic amines) is 1. The van der Waals surface area contributed by atoms with Crippen molar-refractivity contribution in [3.8, 4) is 0 Å². The molecule has 1 heterocycles. The van der Waals surface area contributed by atoms with Gasteiger partial charge in [0, 0.05) is 19.0 Å². The largest absolute Gasteiger partial charge is 0.334 e. The molecule has 86 valence electrons. The molecule has 3 heteroatoms. The summed E-state index contributed by atoms with van der Waals surface area (Å²) in [6.45, 7) is 2.88. The zero-order valence-corrected chi connectivity index (χ0v) is 9.60. The van der Waals surface area contributed by atoms with Gasteiger partial charge < -0.3 is 10.6 Å². The molecule has 1 amide bonds. The molecule has 0 saturated carbocycles. The number of carbonyl (C=O) groups excluding carboxylic acids is 1. The highest BCUT2D eigenvalue weighted by atomic mass is 16.2. The van der Waals surface area contributed by atoms with Gasteiger partial charge in [0.25, 0.3) is 0 Å². The Morgan fingerprint density at radius 3 is 2.69 bits per heavy atom. The summed E-state index contributed by atoms with van der Waals surface area (Å²) in [7, 11) is 0. The summed E-state index contributed by atoms with van der Waals surface area (Å²) in [6, 6.07) is 10.1. The lowest BCUT2D eigenvalue weighted by Crippen LogP contribution is -2.33. The molecule has 1 aromatic carbocycles. The van der Waals surface area contributed by atoms with Crippen LogP contribution in [0.2, 0.25) is 0 Å². The number of amides is 1. The van der Waals surface area contributed by atoms with Crippen LogP contribution in [-0.2, 0) is 4.79 Å². The molecular weight excluding hydrogens is 200 g/mol. The van der Waals surface area contributed by atoms with Gasteiger partial charge in [-0.05, 0) is 12.0 Å². The van der Waals surface area contributed by atoms with Crippen molar-refractivity contribution < 1.29 is 4.79 Å². The van der Waals surface area contributed by atoms with Gasteiger partial charge >= 0.3 is 0 Å². The van der Waals surface area contributed by atoms with Gasteiger partial charge in [-0.15, -0.1) is 0 Å². The average Bonchev–Trinajstić information content (AvgIpc) is 2.56. The highest BCUT2D eigenvalue weighted by molar-refractivity contribution is 5.80. The molecule has 0 bridgehead atoms. The van der Waals surface area contributed by atoms with Crippen LogP contribution in [-0.4, -0.2) is 23.4 Å². The Hall–Kier alpha value is -1.35. The van der Waals surface area contributed by atoms with Crippen LogP contribution < -0.4 is 5.73 Å². The van der Waals surface area contributed by atoms with Gasteiger partial charge in [-0.3, -0.25) is 4.79 Å². The third-order valence-electron chi connectivity index (χ3n) is 3.08. The molecule has 2 N–H and O–H groups in total. The molecule has 0 radical (unpaired) electrons. The fourth-order valence-corrected chi connectivity index (χ4v) is 2.40. The Morgan fingerprint density at radius 2 is 2.06 bits per heavy atom. The van der Waals surface area contributed by atoms with E-state index < -0.39 is 0 Å². The van der Waals surface area contributed by atoms with Crippen molar-refractivity contribution >= 4 is 5.91 Å². The molecule has 16 heavy (non-hydrogen) atoms. The molecule has 2 atom stereocenters. The molecule has 1 aliphatic heterocycles. The second kappa shape index (κ2) is 4.66. The van der Waals surface area contributed by atoms with Crippen molar-refractivity contribution in [3.63, 3.8) is 0 Å². The Morgan fingerprint density at radius 1 is 1.38 bits per heavy atom. The van der Waals surface area contributed by atoms with E-state index in [2.05, 4.69) is 6.92 Å². The number of carbonyl (C=O) groups is 1. The number of nitrogens with zero attached hydrogens (tertiary/aromatic N) is 1. The summed E-state index contributed by atoms with van der Waals surface area (Å²) >= 11 is 0. The first-order chi connectivity index (χ1) is 7.74. The van der Waals surface area contributed by atoms with Gasteiger partial charge in [0.15, 0.2) is 0 Å². The molecule has 0 aliphatic carbocycles. The van der Waals surface area contributed by atoms with E-state index in [0.717, 1.165) is 18.5 Å².